The van der Waals surface area contributed by atoms with Crippen LogP contribution >= 0.6 is 23.2 Å². The molecule has 1 nitrogen and oxygen atoms in total. The highest BCUT2D eigenvalue weighted by Crippen LogP contribution is 2.47. The van der Waals surface area contributed by atoms with E-state index >= 15 is 0 Å². The molecule has 0 saturated heterocycles. The first-order valence-electron chi connectivity index (χ1n) is 5.26. The Morgan fingerprint density at radius 3 is 2.73 bits per heavy atom. The van der Waals surface area contributed by atoms with E-state index in [1.165, 1.54) is 0 Å². The van der Waals surface area contributed by atoms with Crippen molar-refractivity contribution in [1.82, 2.24) is 0 Å². The van der Waals surface area contributed by atoms with Crippen LogP contribution in [0.25, 0.3) is 0 Å². The molecular formula is C12H14Cl2O. The Balaban J connectivity index is 2.26. The Morgan fingerprint density at radius 2 is 2.13 bits per heavy atom. The summed E-state index contributed by atoms with van der Waals surface area (Å²) >= 11 is 12.1. The number of benzene rings is 1. The zero-order chi connectivity index (χ0) is 11.0. The van der Waals surface area contributed by atoms with Crippen LogP contribution in [0.1, 0.15) is 31.2 Å². The van der Waals surface area contributed by atoms with Crippen molar-refractivity contribution in [3.8, 4) is 0 Å². The van der Waals surface area contributed by atoms with Gasteiger partial charge in [0.1, 0.15) is 0 Å². The molecule has 3 atom stereocenters. The van der Waals surface area contributed by atoms with E-state index in [9.17, 15) is 5.11 Å². The van der Waals surface area contributed by atoms with Gasteiger partial charge in [0.2, 0.25) is 0 Å². The second-order valence-corrected chi connectivity index (χ2v) is 4.99. The maximum atomic E-state index is 9.62. The van der Waals surface area contributed by atoms with Gasteiger partial charge in [0.25, 0.3) is 0 Å². The van der Waals surface area contributed by atoms with Crippen molar-refractivity contribution >= 4 is 23.2 Å². The molecule has 1 N–H and O–H groups in total. The van der Waals surface area contributed by atoms with Crippen molar-refractivity contribution in [2.45, 2.75) is 31.8 Å². The van der Waals surface area contributed by atoms with Crippen LogP contribution in [0.3, 0.4) is 0 Å². The van der Waals surface area contributed by atoms with E-state index < -0.39 is 0 Å². The number of aliphatic hydroxyl groups is 1. The average Bonchev–Trinajstić information content (AvgIpc) is 2.19. The molecule has 0 aromatic heterocycles. The van der Waals surface area contributed by atoms with Crippen molar-refractivity contribution in [3.63, 3.8) is 0 Å². The first kappa shape index (κ1) is 11.3. The summed E-state index contributed by atoms with van der Waals surface area (Å²) in [5.74, 6) is 0.706. The fourth-order valence-corrected chi connectivity index (χ4v) is 2.83. The Bertz CT molecular complexity index is 365. The Morgan fingerprint density at radius 1 is 1.40 bits per heavy atom. The number of aliphatic hydroxyl groups excluding tert-OH is 1. The molecule has 1 aliphatic rings. The molecule has 0 aliphatic heterocycles. The van der Waals surface area contributed by atoms with Gasteiger partial charge in [-0.3, -0.25) is 0 Å². The van der Waals surface area contributed by atoms with Gasteiger partial charge in [-0.2, -0.15) is 0 Å². The number of halogens is 2. The van der Waals surface area contributed by atoms with Crippen LogP contribution in [-0.4, -0.2) is 11.2 Å². The largest absolute Gasteiger partial charge is 0.393 e. The van der Waals surface area contributed by atoms with Crippen LogP contribution in [-0.2, 0) is 0 Å². The van der Waals surface area contributed by atoms with E-state index in [0.29, 0.717) is 16.9 Å². The second kappa shape index (κ2) is 4.32. The van der Waals surface area contributed by atoms with E-state index in [4.69, 9.17) is 23.2 Å². The summed E-state index contributed by atoms with van der Waals surface area (Å²) in [5.41, 5.74) is 1.08. The normalized spacial score (nSPS) is 30.0. The van der Waals surface area contributed by atoms with Crippen LogP contribution in [0, 0.1) is 5.92 Å². The minimum absolute atomic E-state index is 0.171. The minimum Gasteiger partial charge on any atom is -0.393 e. The number of rotatable bonds is 2. The summed E-state index contributed by atoms with van der Waals surface area (Å²) in [7, 11) is 0. The molecule has 1 aliphatic carbocycles. The van der Waals surface area contributed by atoms with Gasteiger partial charge in [0, 0.05) is 10.0 Å². The smallest absolute Gasteiger partial charge is 0.0580 e. The number of hydrogen-bond donors (Lipinski definition) is 1. The van der Waals surface area contributed by atoms with E-state index in [-0.39, 0.29) is 6.10 Å². The maximum Gasteiger partial charge on any atom is 0.0580 e. The van der Waals surface area contributed by atoms with Gasteiger partial charge in [0.15, 0.2) is 0 Å². The molecule has 3 unspecified atom stereocenters. The molecule has 15 heavy (non-hydrogen) atoms. The Labute approximate surface area is 100 Å². The van der Waals surface area contributed by atoms with Crippen molar-refractivity contribution in [2.75, 3.05) is 0 Å². The van der Waals surface area contributed by atoms with Gasteiger partial charge < -0.3 is 5.11 Å². The molecule has 0 radical (unpaired) electrons. The van der Waals surface area contributed by atoms with Crippen LogP contribution < -0.4 is 0 Å². The lowest BCUT2D eigenvalue weighted by atomic mass is 9.66. The molecule has 0 amide bonds. The molecule has 0 spiro atoms. The van der Waals surface area contributed by atoms with Gasteiger partial charge in [-0.1, -0.05) is 36.5 Å². The molecule has 1 aromatic carbocycles. The predicted octanol–water partition coefficient (Wildman–Crippen LogP) is 3.87. The number of hydrogen-bond acceptors (Lipinski definition) is 1. The monoisotopic (exact) mass is 244 g/mol. The summed E-state index contributed by atoms with van der Waals surface area (Å²) in [5, 5.41) is 11.1. The zero-order valence-corrected chi connectivity index (χ0v) is 10.1. The van der Waals surface area contributed by atoms with Gasteiger partial charge in [0.05, 0.1) is 6.10 Å². The van der Waals surface area contributed by atoms with Crippen molar-refractivity contribution < 1.29 is 5.11 Å². The highest BCUT2D eigenvalue weighted by atomic mass is 35.5. The maximum absolute atomic E-state index is 9.62. The molecule has 1 fully saturated rings. The highest BCUT2D eigenvalue weighted by Gasteiger charge is 2.40. The van der Waals surface area contributed by atoms with Crippen molar-refractivity contribution in [1.29, 1.82) is 0 Å². The summed E-state index contributed by atoms with van der Waals surface area (Å²) in [6, 6.07) is 5.54. The quantitative estimate of drug-likeness (QED) is 0.838. The third-order valence-electron chi connectivity index (χ3n) is 3.34. The zero-order valence-electron chi connectivity index (χ0n) is 8.58. The van der Waals surface area contributed by atoms with Crippen LogP contribution in [0.15, 0.2) is 18.2 Å². The third kappa shape index (κ3) is 2.01. The summed E-state index contributed by atoms with van der Waals surface area (Å²) in [4.78, 5) is 0. The first-order chi connectivity index (χ1) is 7.13. The van der Waals surface area contributed by atoms with Crippen molar-refractivity contribution in [3.05, 3.63) is 33.8 Å². The standard InChI is InChI=1S/C12H14Cl2O/c1-2-8-9(6-12(8)15)10-5-7(13)3-4-11(10)14/h3-5,8-9,12,15H,2,6H2,1H3. The average molecular weight is 245 g/mol. The van der Waals surface area contributed by atoms with E-state index in [2.05, 4.69) is 6.92 Å². The van der Waals surface area contributed by atoms with Gasteiger partial charge in [-0.05, 0) is 42.0 Å². The van der Waals surface area contributed by atoms with E-state index in [1.807, 2.05) is 12.1 Å². The molecule has 0 bridgehead atoms. The van der Waals surface area contributed by atoms with Crippen LogP contribution in [0.4, 0.5) is 0 Å². The summed E-state index contributed by atoms with van der Waals surface area (Å²) in [6.07, 6.45) is 1.61. The minimum atomic E-state index is -0.171. The SMILES string of the molecule is CCC1C(O)CC1c1cc(Cl)ccc1Cl. The molecule has 1 aromatic rings. The molecule has 0 heterocycles. The fourth-order valence-electron chi connectivity index (χ4n) is 2.40. The van der Waals surface area contributed by atoms with E-state index in [1.54, 1.807) is 6.07 Å². The lowest BCUT2D eigenvalue weighted by molar-refractivity contribution is -0.000686. The highest BCUT2D eigenvalue weighted by molar-refractivity contribution is 6.33. The predicted molar refractivity (Wildman–Crippen MR) is 63.6 cm³/mol. The molecular weight excluding hydrogens is 231 g/mol. The van der Waals surface area contributed by atoms with Gasteiger partial charge in [-0.25, -0.2) is 0 Å². The molecule has 2 rings (SSSR count). The Hall–Kier alpha value is -0.240. The van der Waals surface area contributed by atoms with E-state index in [0.717, 1.165) is 23.4 Å². The van der Waals surface area contributed by atoms with Crippen LogP contribution in [0.5, 0.6) is 0 Å². The lowest BCUT2D eigenvalue weighted by Gasteiger charge is -2.42. The molecule has 3 heteroatoms. The summed E-state index contributed by atoms with van der Waals surface area (Å²) < 4.78 is 0. The van der Waals surface area contributed by atoms with Gasteiger partial charge >= 0.3 is 0 Å². The third-order valence-corrected chi connectivity index (χ3v) is 3.91. The Kier molecular flexibility index (Phi) is 3.24. The van der Waals surface area contributed by atoms with Crippen LogP contribution in [0.2, 0.25) is 10.0 Å². The molecule has 1 saturated carbocycles. The van der Waals surface area contributed by atoms with Gasteiger partial charge in [-0.15, -0.1) is 0 Å². The molecule has 82 valence electrons. The second-order valence-electron chi connectivity index (χ2n) is 4.15. The first-order valence-corrected chi connectivity index (χ1v) is 6.02. The topological polar surface area (TPSA) is 20.2 Å². The summed E-state index contributed by atoms with van der Waals surface area (Å²) in [6.45, 7) is 2.10. The lowest BCUT2D eigenvalue weighted by Crippen LogP contribution is -2.39. The fraction of sp³-hybridized carbons (Fsp3) is 0.500. The van der Waals surface area contributed by atoms with Crippen molar-refractivity contribution in [2.24, 2.45) is 5.92 Å².